The van der Waals surface area contributed by atoms with Crippen molar-refractivity contribution in [3.63, 3.8) is 0 Å². The van der Waals surface area contributed by atoms with Crippen LogP contribution in [0.4, 0.5) is 11.4 Å². The Morgan fingerprint density at radius 3 is 2.17 bits per heavy atom. The Balaban J connectivity index is 1.77. The van der Waals surface area contributed by atoms with Crippen molar-refractivity contribution in [2.45, 2.75) is 37.5 Å². The number of halogens is 1. The summed E-state index contributed by atoms with van der Waals surface area (Å²) in [6.07, 6.45) is 3.00. The first-order valence-corrected chi connectivity index (χ1v) is 11.6. The van der Waals surface area contributed by atoms with Crippen LogP contribution in [0.5, 0.6) is 0 Å². The zero-order valence-corrected chi connectivity index (χ0v) is 18.2. The molecule has 0 radical (unpaired) electrons. The van der Waals surface area contributed by atoms with Crippen molar-refractivity contribution in [3.8, 4) is 0 Å². The van der Waals surface area contributed by atoms with Gasteiger partial charge in [-0.1, -0.05) is 24.9 Å². The molecule has 1 saturated heterocycles. The number of piperidine rings is 1. The molecule has 160 valence electrons. The molecule has 0 saturated carbocycles. The van der Waals surface area contributed by atoms with Gasteiger partial charge in [0, 0.05) is 36.4 Å². The lowest BCUT2D eigenvalue weighted by atomic mass is 10.2. The second-order valence-corrected chi connectivity index (χ2v) is 9.36. The fourth-order valence-electron chi connectivity index (χ4n) is 3.18. The third kappa shape index (κ3) is 5.19. The van der Waals surface area contributed by atoms with Crippen molar-refractivity contribution in [2.75, 3.05) is 23.7 Å². The molecule has 0 atom stereocenters. The van der Waals surface area contributed by atoms with Gasteiger partial charge < -0.3 is 10.6 Å². The topological polar surface area (TPSA) is 95.6 Å². The zero-order chi connectivity index (χ0) is 21.7. The van der Waals surface area contributed by atoms with Crippen LogP contribution in [0, 0.1) is 0 Å². The molecule has 2 aromatic rings. The van der Waals surface area contributed by atoms with Gasteiger partial charge in [-0.05, 0) is 55.3 Å². The van der Waals surface area contributed by atoms with Crippen LogP contribution in [0.3, 0.4) is 0 Å². The van der Waals surface area contributed by atoms with E-state index in [0.29, 0.717) is 30.9 Å². The van der Waals surface area contributed by atoms with E-state index in [1.54, 1.807) is 31.2 Å². The number of carbonyl (C=O) groups is 2. The molecular weight excluding hydrogens is 426 g/mol. The first kappa shape index (κ1) is 22.3. The SMILES string of the molecule is CCC(=O)Nc1ccc(NC(=O)c2ccc(Cl)c(S(=O)(=O)N3CCCCC3)c2)cc1. The number of carbonyl (C=O) groups excluding carboxylic acids is 2. The minimum absolute atomic E-state index is 0.0589. The Hall–Kier alpha value is -2.42. The van der Waals surface area contributed by atoms with Gasteiger partial charge in [0.15, 0.2) is 0 Å². The summed E-state index contributed by atoms with van der Waals surface area (Å²) in [6.45, 7) is 2.67. The molecule has 1 heterocycles. The molecule has 0 spiro atoms. The molecule has 0 unspecified atom stereocenters. The fourth-order valence-corrected chi connectivity index (χ4v) is 5.19. The Labute approximate surface area is 181 Å². The molecule has 30 heavy (non-hydrogen) atoms. The summed E-state index contributed by atoms with van der Waals surface area (Å²) >= 11 is 6.16. The maximum Gasteiger partial charge on any atom is 0.255 e. The van der Waals surface area contributed by atoms with Crippen LogP contribution in [-0.4, -0.2) is 37.6 Å². The van der Waals surface area contributed by atoms with Crippen molar-refractivity contribution < 1.29 is 18.0 Å². The zero-order valence-electron chi connectivity index (χ0n) is 16.7. The average molecular weight is 450 g/mol. The lowest BCUT2D eigenvalue weighted by Crippen LogP contribution is -2.35. The molecule has 9 heteroatoms. The van der Waals surface area contributed by atoms with E-state index in [1.165, 1.54) is 22.5 Å². The number of benzene rings is 2. The lowest BCUT2D eigenvalue weighted by molar-refractivity contribution is -0.115. The third-order valence-electron chi connectivity index (χ3n) is 4.87. The number of sulfonamides is 1. The van der Waals surface area contributed by atoms with Gasteiger partial charge >= 0.3 is 0 Å². The number of nitrogens with zero attached hydrogens (tertiary/aromatic N) is 1. The maximum atomic E-state index is 13.0. The first-order chi connectivity index (χ1) is 14.3. The number of nitrogens with one attached hydrogen (secondary N) is 2. The van der Waals surface area contributed by atoms with Crippen LogP contribution in [0.1, 0.15) is 43.0 Å². The molecule has 7 nitrogen and oxygen atoms in total. The summed E-state index contributed by atoms with van der Waals surface area (Å²) in [4.78, 5) is 24.0. The van der Waals surface area contributed by atoms with Gasteiger partial charge in [0.1, 0.15) is 4.90 Å². The fraction of sp³-hybridized carbons (Fsp3) is 0.333. The normalized spacial score (nSPS) is 14.9. The number of amides is 2. The Morgan fingerprint density at radius 1 is 0.967 bits per heavy atom. The summed E-state index contributed by atoms with van der Waals surface area (Å²) in [7, 11) is -3.76. The van der Waals surface area contributed by atoms with Gasteiger partial charge in [-0.3, -0.25) is 9.59 Å². The van der Waals surface area contributed by atoms with Crippen molar-refractivity contribution >= 4 is 44.8 Å². The van der Waals surface area contributed by atoms with E-state index in [2.05, 4.69) is 10.6 Å². The highest BCUT2D eigenvalue weighted by molar-refractivity contribution is 7.89. The molecule has 2 amide bonds. The van der Waals surface area contributed by atoms with Crippen molar-refractivity contribution in [3.05, 3.63) is 53.1 Å². The summed E-state index contributed by atoms with van der Waals surface area (Å²) < 4.78 is 27.4. The number of rotatable bonds is 6. The second kappa shape index (κ2) is 9.59. The molecule has 0 aromatic heterocycles. The van der Waals surface area contributed by atoms with Gasteiger partial charge in [-0.25, -0.2) is 8.42 Å². The van der Waals surface area contributed by atoms with E-state index in [-0.39, 0.29) is 21.4 Å². The van der Waals surface area contributed by atoms with Crippen LogP contribution in [0.2, 0.25) is 5.02 Å². The molecule has 0 bridgehead atoms. The molecule has 1 fully saturated rings. The molecule has 1 aliphatic heterocycles. The maximum absolute atomic E-state index is 13.0. The average Bonchev–Trinajstić information content (AvgIpc) is 2.75. The Bertz CT molecular complexity index is 1030. The van der Waals surface area contributed by atoms with Gasteiger partial charge in [0.05, 0.1) is 5.02 Å². The highest BCUT2D eigenvalue weighted by atomic mass is 35.5. The molecule has 0 aliphatic carbocycles. The van der Waals surface area contributed by atoms with E-state index >= 15 is 0 Å². The molecule has 1 aliphatic rings. The molecule has 3 rings (SSSR count). The van der Waals surface area contributed by atoms with E-state index in [4.69, 9.17) is 11.6 Å². The summed E-state index contributed by atoms with van der Waals surface area (Å²) in [5.74, 6) is -0.553. The predicted octanol–water partition coefficient (Wildman–Crippen LogP) is 4.12. The monoisotopic (exact) mass is 449 g/mol. The smallest absolute Gasteiger partial charge is 0.255 e. The standard InChI is InChI=1S/C21H24ClN3O4S/c1-2-20(26)23-16-7-9-17(10-8-16)24-21(27)15-6-11-18(22)19(14-15)30(28,29)25-12-4-3-5-13-25/h6-11,14H,2-5,12-13H2,1H3,(H,23,26)(H,24,27). The van der Waals surface area contributed by atoms with E-state index < -0.39 is 15.9 Å². The van der Waals surface area contributed by atoms with Gasteiger partial charge in [-0.15, -0.1) is 0 Å². The number of hydrogen-bond donors (Lipinski definition) is 2. The largest absolute Gasteiger partial charge is 0.326 e. The van der Waals surface area contributed by atoms with Crippen molar-refractivity contribution in [1.82, 2.24) is 4.31 Å². The second-order valence-electron chi connectivity index (χ2n) is 7.04. The number of anilines is 2. The van der Waals surface area contributed by atoms with Crippen molar-refractivity contribution in [1.29, 1.82) is 0 Å². The summed E-state index contributed by atoms with van der Waals surface area (Å²) in [5, 5.41) is 5.55. The molecule has 2 N–H and O–H groups in total. The van der Waals surface area contributed by atoms with Crippen LogP contribution in [-0.2, 0) is 14.8 Å². The Kier molecular flexibility index (Phi) is 7.12. The number of hydrogen-bond acceptors (Lipinski definition) is 4. The summed E-state index contributed by atoms with van der Waals surface area (Å²) in [5.41, 5.74) is 1.34. The third-order valence-corrected chi connectivity index (χ3v) is 7.25. The highest BCUT2D eigenvalue weighted by Crippen LogP contribution is 2.28. The van der Waals surface area contributed by atoms with E-state index in [0.717, 1.165) is 19.3 Å². The lowest BCUT2D eigenvalue weighted by Gasteiger charge is -2.26. The molecule has 2 aromatic carbocycles. The molecular formula is C21H24ClN3O4S. The van der Waals surface area contributed by atoms with Gasteiger partial charge in [0.25, 0.3) is 5.91 Å². The minimum Gasteiger partial charge on any atom is -0.326 e. The van der Waals surface area contributed by atoms with Crippen molar-refractivity contribution in [2.24, 2.45) is 0 Å². The van der Waals surface area contributed by atoms with Crippen LogP contribution >= 0.6 is 11.6 Å². The first-order valence-electron chi connectivity index (χ1n) is 9.82. The van der Waals surface area contributed by atoms with Crippen LogP contribution in [0.25, 0.3) is 0 Å². The Morgan fingerprint density at radius 2 is 1.57 bits per heavy atom. The quantitative estimate of drug-likeness (QED) is 0.693. The highest BCUT2D eigenvalue weighted by Gasteiger charge is 2.28. The minimum atomic E-state index is -3.76. The van der Waals surface area contributed by atoms with E-state index in [9.17, 15) is 18.0 Å². The predicted molar refractivity (Wildman–Crippen MR) is 117 cm³/mol. The van der Waals surface area contributed by atoms with Gasteiger partial charge in [0.2, 0.25) is 15.9 Å². The van der Waals surface area contributed by atoms with E-state index in [1.807, 2.05) is 0 Å². The summed E-state index contributed by atoms with van der Waals surface area (Å²) in [6, 6.07) is 10.9. The van der Waals surface area contributed by atoms with Crippen LogP contribution in [0.15, 0.2) is 47.4 Å². The van der Waals surface area contributed by atoms with Gasteiger partial charge in [-0.2, -0.15) is 4.31 Å². The van der Waals surface area contributed by atoms with Crippen LogP contribution < -0.4 is 10.6 Å².